The van der Waals surface area contributed by atoms with Gasteiger partial charge in [-0.2, -0.15) is 0 Å². The Kier molecular flexibility index (Phi) is 3.21. The minimum Gasteiger partial charge on any atom is -0.423 e. The third-order valence-corrected chi connectivity index (χ3v) is 2.09. The van der Waals surface area contributed by atoms with E-state index in [1.165, 1.54) is 6.92 Å². The van der Waals surface area contributed by atoms with E-state index in [0.717, 1.165) is 12.1 Å². The fraction of sp³-hybridized carbons (Fsp3) is 0.143. The molecule has 0 unspecified atom stereocenters. The van der Waals surface area contributed by atoms with E-state index in [2.05, 4.69) is 0 Å². The van der Waals surface area contributed by atoms with Crippen molar-refractivity contribution < 1.29 is 19.9 Å². The zero-order chi connectivity index (χ0) is 12.5. The molecular weight excluding hydrogens is 219 g/mol. The molecule has 0 aliphatic rings. The van der Waals surface area contributed by atoms with Crippen molar-refractivity contribution in [3.63, 3.8) is 0 Å². The van der Waals surface area contributed by atoms with Gasteiger partial charge in [-0.05, 0) is 12.4 Å². The predicted molar refractivity (Wildman–Crippen MR) is 54.3 cm³/mol. The largest absolute Gasteiger partial charge is 0.489 e. The molecule has 0 heterocycles. The molecule has 1 aromatic carbocycles. The molecule has 0 radical (unpaired) electrons. The van der Waals surface area contributed by atoms with E-state index in [4.69, 9.17) is 10.0 Å². The molecule has 0 saturated heterocycles. The van der Waals surface area contributed by atoms with Crippen molar-refractivity contribution in [2.75, 3.05) is 0 Å². The Morgan fingerprint density at radius 1 is 1.19 bits per heavy atom. The second kappa shape index (κ2) is 4.25. The lowest BCUT2D eigenvalue weighted by Gasteiger charge is -2.04. The van der Waals surface area contributed by atoms with E-state index in [9.17, 15) is 20.2 Å². The second-order valence-corrected chi connectivity index (χ2v) is 3.07. The number of rotatable bonds is 3. The highest BCUT2D eigenvalue weighted by Gasteiger charge is 2.26. The predicted octanol–water partition coefficient (Wildman–Crippen LogP) is -0.509. The Labute approximate surface area is 89.6 Å². The zero-order valence-corrected chi connectivity index (χ0v) is 8.15. The van der Waals surface area contributed by atoms with E-state index in [1.807, 2.05) is 0 Å². The highest BCUT2D eigenvalue weighted by Crippen LogP contribution is 2.22. The number of non-ortho nitro benzene ring substituents is 1. The first kappa shape index (κ1) is 12.1. The van der Waals surface area contributed by atoms with Crippen molar-refractivity contribution in [3.8, 4) is 0 Å². The van der Waals surface area contributed by atoms with Crippen molar-refractivity contribution >= 4 is 24.0 Å². The summed E-state index contributed by atoms with van der Waals surface area (Å²) >= 11 is 0. The van der Waals surface area contributed by atoms with Crippen LogP contribution >= 0.6 is 0 Å². The van der Waals surface area contributed by atoms with Crippen LogP contribution in [-0.4, -0.2) is 27.0 Å². The average molecular weight is 226 g/mol. The molecule has 0 fully saturated rings. The third kappa shape index (κ3) is 2.15. The number of nitro benzene ring substituents is 2. The van der Waals surface area contributed by atoms with Gasteiger partial charge in [0.15, 0.2) is 0 Å². The molecule has 0 atom stereocenters. The maximum Gasteiger partial charge on any atom is 0.489 e. The lowest BCUT2D eigenvalue weighted by Crippen LogP contribution is -2.32. The minimum absolute atomic E-state index is 0.00870. The monoisotopic (exact) mass is 226 g/mol. The lowest BCUT2D eigenvalue weighted by molar-refractivity contribution is -0.394. The highest BCUT2D eigenvalue weighted by atomic mass is 16.6. The third-order valence-electron chi connectivity index (χ3n) is 2.09. The van der Waals surface area contributed by atoms with E-state index < -0.39 is 28.3 Å². The standard InChI is InChI=1S/C7H7BN2O6/c1-4-6(8(11)12)2-5(9(13)14)3-7(4)10(15)16/h2-3,11-12H,1H3. The Bertz CT molecular complexity index is 460. The molecule has 1 aromatic rings. The summed E-state index contributed by atoms with van der Waals surface area (Å²) < 4.78 is 0. The van der Waals surface area contributed by atoms with Crippen molar-refractivity contribution in [1.82, 2.24) is 0 Å². The molecule has 0 aromatic heterocycles. The molecule has 0 spiro atoms. The smallest absolute Gasteiger partial charge is 0.423 e. The van der Waals surface area contributed by atoms with Crippen LogP contribution in [0, 0.1) is 27.2 Å². The Hall–Kier alpha value is -2.00. The zero-order valence-electron chi connectivity index (χ0n) is 8.15. The first-order chi connectivity index (χ1) is 7.34. The van der Waals surface area contributed by atoms with Crippen molar-refractivity contribution in [2.45, 2.75) is 6.92 Å². The maximum absolute atomic E-state index is 10.6. The second-order valence-electron chi connectivity index (χ2n) is 3.07. The summed E-state index contributed by atoms with van der Waals surface area (Å²) in [7, 11) is -1.99. The van der Waals surface area contributed by atoms with Gasteiger partial charge in [-0.15, -0.1) is 0 Å². The van der Waals surface area contributed by atoms with E-state index in [1.54, 1.807) is 0 Å². The summed E-state index contributed by atoms with van der Waals surface area (Å²) in [5, 5.41) is 38.9. The van der Waals surface area contributed by atoms with Gasteiger partial charge in [-0.25, -0.2) is 0 Å². The average Bonchev–Trinajstić information content (AvgIpc) is 2.16. The SMILES string of the molecule is Cc1c(B(O)O)cc([N+](=O)[O-])cc1[N+](=O)[O-]. The van der Waals surface area contributed by atoms with Gasteiger partial charge in [0.25, 0.3) is 11.4 Å². The molecule has 8 nitrogen and oxygen atoms in total. The van der Waals surface area contributed by atoms with Crippen LogP contribution in [0.1, 0.15) is 5.56 Å². The van der Waals surface area contributed by atoms with Crippen molar-refractivity contribution in [3.05, 3.63) is 37.9 Å². The van der Waals surface area contributed by atoms with Crippen LogP contribution < -0.4 is 5.46 Å². The molecular formula is C7H7BN2O6. The maximum atomic E-state index is 10.6. The number of hydrogen-bond donors (Lipinski definition) is 2. The molecule has 0 aliphatic heterocycles. The first-order valence-electron chi connectivity index (χ1n) is 4.14. The summed E-state index contributed by atoms with van der Waals surface area (Å²) in [5.41, 5.74) is -1.33. The van der Waals surface area contributed by atoms with E-state index >= 15 is 0 Å². The quantitative estimate of drug-likeness (QED) is 0.406. The highest BCUT2D eigenvalue weighted by molar-refractivity contribution is 6.59. The molecule has 2 N–H and O–H groups in total. The van der Waals surface area contributed by atoms with Gasteiger partial charge in [0, 0.05) is 11.6 Å². The molecule has 9 heteroatoms. The Morgan fingerprint density at radius 2 is 1.75 bits per heavy atom. The van der Waals surface area contributed by atoms with Gasteiger partial charge >= 0.3 is 7.12 Å². The molecule has 0 amide bonds. The van der Waals surface area contributed by atoms with Crippen molar-refractivity contribution in [2.24, 2.45) is 0 Å². The fourth-order valence-electron chi connectivity index (χ4n) is 1.27. The van der Waals surface area contributed by atoms with Crippen LogP contribution in [0.3, 0.4) is 0 Å². The van der Waals surface area contributed by atoms with Crippen molar-refractivity contribution in [1.29, 1.82) is 0 Å². The number of nitro groups is 2. The van der Waals surface area contributed by atoms with Gasteiger partial charge in [0.05, 0.1) is 15.9 Å². The lowest BCUT2D eigenvalue weighted by atomic mass is 9.76. The molecule has 16 heavy (non-hydrogen) atoms. The van der Waals surface area contributed by atoms with Crippen LogP contribution in [0.4, 0.5) is 11.4 Å². The van der Waals surface area contributed by atoms with Crippen LogP contribution in [0.15, 0.2) is 12.1 Å². The summed E-state index contributed by atoms with van der Waals surface area (Å²) in [4.78, 5) is 19.4. The number of nitrogens with zero attached hydrogens (tertiary/aromatic N) is 2. The van der Waals surface area contributed by atoms with Gasteiger partial charge in [-0.1, -0.05) is 0 Å². The Morgan fingerprint density at radius 3 is 2.12 bits per heavy atom. The topological polar surface area (TPSA) is 127 Å². The van der Waals surface area contributed by atoms with Crippen LogP contribution in [0.5, 0.6) is 0 Å². The fourth-order valence-corrected chi connectivity index (χ4v) is 1.27. The first-order valence-corrected chi connectivity index (χ1v) is 4.14. The normalized spacial score (nSPS) is 9.94. The van der Waals surface area contributed by atoms with Gasteiger partial charge in [0.1, 0.15) is 0 Å². The Balaban J connectivity index is 3.51. The van der Waals surface area contributed by atoms with E-state index in [0.29, 0.717) is 0 Å². The van der Waals surface area contributed by atoms with Crippen LogP contribution in [0.2, 0.25) is 0 Å². The van der Waals surface area contributed by atoms with Crippen LogP contribution in [0.25, 0.3) is 0 Å². The summed E-state index contributed by atoms with van der Waals surface area (Å²) in [5.74, 6) is 0. The van der Waals surface area contributed by atoms with Gasteiger partial charge < -0.3 is 10.0 Å². The number of hydrogen-bond acceptors (Lipinski definition) is 6. The molecule has 0 saturated carbocycles. The van der Waals surface area contributed by atoms with Gasteiger partial charge in [0.2, 0.25) is 0 Å². The number of benzene rings is 1. The molecule has 0 aliphatic carbocycles. The van der Waals surface area contributed by atoms with E-state index in [-0.39, 0.29) is 11.0 Å². The summed E-state index contributed by atoms with van der Waals surface area (Å²) in [6.07, 6.45) is 0. The molecule has 1 rings (SSSR count). The van der Waals surface area contributed by atoms with Gasteiger partial charge in [-0.3, -0.25) is 20.2 Å². The summed E-state index contributed by atoms with van der Waals surface area (Å²) in [6.45, 7) is 1.29. The summed E-state index contributed by atoms with van der Waals surface area (Å²) in [6, 6.07) is 1.67. The minimum atomic E-state index is -1.99. The molecule has 84 valence electrons. The van der Waals surface area contributed by atoms with Crippen LogP contribution in [-0.2, 0) is 0 Å². The molecule has 0 bridgehead atoms.